The topological polar surface area (TPSA) is 48.9 Å². The van der Waals surface area contributed by atoms with Crippen LogP contribution in [0, 0.1) is 0 Å². The Labute approximate surface area is 123 Å². The normalized spacial score (nSPS) is 9.95. The molecule has 0 aliphatic carbocycles. The third kappa shape index (κ3) is 13.1. The predicted octanol–water partition coefficient (Wildman–Crippen LogP) is 2.21. The lowest BCUT2D eigenvalue weighted by molar-refractivity contribution is -0.671. The number of imidazole rings is 1. The Bertz CT molecular complexity index is 344. The number of aryl methyl sites for hydroxylation is 2. The summed E-state index contributed by atoms with van der Waals surface area (Å²) in [6, 6.07) is 0. The van der Waals surface area contributed by atoms with Crippen molar-refractivity contribution in [3.8, 4) is 0 Å². The molecule has 0 unspecified atom stereocenters. The van der Waals surface area contributed by atoms with E-state index < -0.39 is 5.97 Å². The highest BCUT2D eigenvalue weighted by atomic mass is 16.4. The Kier molecular flexibility index (Phi) is 11.9. The van der Waals surface area contributed by atoms with E-state index in [-0.39, 0.29) is 0 Å². The van der Waals surface area contributed by atoms with Crippen molar-refractivity contribution in [1.29, 1.82) is 0 Å². The van der Waals surface area contributed by atoms with E-state index in [1.165, 1.54) is 57.9 Å². The van der Waals surface area contributed by atoms with E-state index in [1.54, 1.807) is 0 Å². The van der Waals surface area contributed by atoms with Crippen LogP contribution in [0.2, 0.25) is 0 Å². The van der Waals surface area contributed by atoms with Crippen LogP contribution < -0.4 is 9.67 Å². The Morgan fingerprint density at radius 1 is 1.10 bits per heavy atom. The maximum atomic E-state index is 8.89. The van der Waals surface area contributed by atoms with Gasteiger partial charge < -0.3 is 9.90 Å². The molecule has 1 rings (SSSR count). The van der Waals surface area contributed by atoms with Gasteiger partial charge in [0.05, 0.1) is 13.6 Å². The standard InChI is InChI=1S/C14H27N2.C2H4O2/c1-3-4-5-6-7-8-9-10-11-16-13-12-15(2)14-16;1-2(3)4/h12-14H,3-11H2,1-2H3;1H3,(H,3,4)/q+1;/p-1. The summed E-state index contributed by atoms with van der Waals surface area (Å²) in [4.78, 5) is 8.89. The van der Waals surface area contributed by atoms with Crippen LogP contribution in [0.4, 0.5) is 0 Å². The van der Waals surface area contributed by atoms with Crippen LogP contribution in [0.1, 0.15) is 65.2 Å². The number of hydrogen-bond acceptors (Lipinski definition) is 2. The highest BCUT2D eigenvalue weighted by Crippen LogP contribution is 2.08. The number of rotatable bonds is 9. The zero-order chi connectivity index (χ0) is 15.2. The number of carboxylic acid groups (broad SMARTS) is 1. The van der Waals surface area contributed by atoms with Crippen molar-refractivity contribution in [1.82, 2.24) is 4.57 Å². The Balaban J connectivity index is 0.000000796. The maximum absolute atomic E-state index is 8.89. The first-order valence-corrected chi connectivity index (χ1v) is 7.74. The van der Waals surface area contributed by atoms with E-state index >= 15 is 0 Å². The fourth-order valence-corrected chi connectivity index (χ4v) is 2.06. The maximum Gasteiger partial charge on any atom is 0.243 e. The number of unbranched alkanes of at least 4 members (excludes halogenated alkanes) is 7. The van der Waals surface area contributed by atoms with Gasteiger partial charge in [0.2, 0.25) is 6.33 Å². The molecule has 4 heteroatoms. The molecular formula is C16H30N2O2. The highest BCUT2D eigenvalue weighted by molar-refractivity contribution is 5.60. The molecule has 0 aromatic carbocycles. The van der Waals surface area contributed by atoms with Crippen LogP contribution in [-0.4, -0.2) is 10.5 Å². The van der Waals surface area contributed by atoms with Gasteiger partial charge in [0.15, 0.2) is 0 Å². The summed E-state index contributed by atoms with van der Waals surface area (Å²) < 4.78 is 4.38. The second-order valence-corrected chi connectivity index (χ2v) is 5.28. The molecule has 0 amide bonds. The number of nitrogens with zero attached hydrogens (tertiary/aromatic N) is 2. The first-order chi connectivity index (χ1) is 9.56. The van der Waals surface area contributed by atoms with Gasteiger partial charge in [0.1, 0.15) is 12.4 Å². The summed E-state index contributed by atoms with van der Waals surface area (Å²) in [5.74, 6) is -1.08. The minimum Gasteiger partial charge on any atom is -0.550 e. The zero-order valence-electron chi connectivity index (χ0n) is 13.3. The van der Waals surface area contributed by atoms with Crippen molar-refractivity contribution >= 4 is 5.97 Å². The number of carboxylic acids is 1. The van der Waals surface area contributed by atoms with Crippen LogP contribution in [-0.2, 0) is 18.4 Å². The lowest BCUT2D eigenvalue weighted by Gasteiger charge is -2.00. The van der Waals surface area contributed by atoms with E-state index in [2.05, 4.69) is 41.8 Å². The van der Waals surface area contributed by atoms with E-state index in [0.29, 0.717) is 0 Å². The SMILES string of the molecule is CC(=O)[O-].CCCCCCCCCCn1cc[n+](C)c1. The summed E-state index contributed by atoms with van der Waals surface area (Å²) in [5, 5.41) is 8.89. The molecule has 4 nitrogen and oxygen atoms in total. The van der Waals surface area contributed by atoms with Gasteiger partial charge in [0, 0.05) is 5.97 Å². The molecule has 1 heterocycles. The molecule has 1 aromatic heterocycles. The molecule has 0 saturated carbocycles. The molecule has 0 aliphatic rings. The smallest absolute Gasteiger partial charge is 0.243 e. The summed E-state index contributed by atoms with van der Waals surface area (Å²) in [7, 11) is 2.07. The molecule has 0 bridgehead atoms. The van der Waals surface area contributed by atoms with Crippen LogP contribution in [0.15, 0.2) is 18.7 Å². The Morgan fingerprint density at radius 2 is 1.60 bits per heavy atom. The summed E-state index contributed by atoms with van der Waals surface area (Å²) in [5.41, 5.74) is 0. The summed E-state index contributed by atoms with van der Waals surface area (Å²) >= 11 is 0. The van der Waals surface area contributed by atoms with Crippen LogP contribution in [0.25, 0.3) is 0 Å². The quantitative estimate of drug-likeness (QED) is 0.515. The molecule has 0 saturated heterocycles. The molecule has 20 heavy (non-hydrogen) atoms. The molecule has 0 fully saturated rings. The summed E-state index contributed by atoms with van der Waals surface area (Å²) in [6.45, 7) is 4.42. The lowest BCUT2D eigenvalue weighted by Crippen LogP contribution is -2.23. The molecule has 0 atom stereocenters. The fraction of sp³-hybridized carbons (Fsp3) is 0.750. The van der Waals surface area contributed by atoms with E-state index in [9.17, 15) is 0 Å². The van der Waals surface area contributed by atoms with Gasteiger partial charge in [-0.1, -0.05) is 45.4 Å². The molecule has 0 N–H and O–H groups in total. The monoisotopic (exact) mass is 282 g/mol. The molecular weight excluding hydrogens is 252 g/mol. The van der Waals surface area contributed by atoms with Gasteiger partial charge in [-0.3, -0.25) is 0 Å². The average molecular weight is 282 g/mol. The predicted molar refractivity (Wildman–Crippen MR) is 78.9 cm³/mol. The van der Waals surface area contributed by atoms with Crippen molar-refractivity contribution in [3.05, 3.63) is 18.7 Å². The lowest BCUT2D eigenvalue weighted by atomic mass is 10.1. The zero-order valence-corrected chi connectivity index (χ0v) is 13.3. The third-order valence-corrected chi connectivity index (χ3v) is 3.09. The summed E-state index contributed by atoms with van der Waals surface area (Å²) in [6.07, 6.45) is 17.6. The van der Waals surface area contributed by atoms with Gasteiger partial charge in [0.25, 0.3) is 0 Å². The van der Waals surface area contributed by atoms with Crippen LogP contribution >= 0.6 is 0 Å². The molecule has 1 aromatic rings. The van der Waals surface area contributed by atoms with Crippen LogP contribution in [0.5, 0.6) is 0 Å². The van der Waals surface area contributed by atoms with Crippen molar-refractivity contribution < 1.29 is 14.5 Å². The molecule has 0 spiro atoms. The first-order valence-electron chi connectivity index (χ1n) is 7.74. The second-order valence-electron chi connectivity index (χ2n) is 5.28. The highest BCUT2D eigenvalue weighted by Gasteiger charge is 1.98. The van der Waals surface area contributed by atoms with Crippen molar-refractivity contribution in [2.45, 2.75) is 71.8 Å². The minimum atomic E-state index is -1.08. The largest absolute Gasteiger partial charge is 0.550 e. The van der Waals surface area contributed by atoms with Crippen molar-refractivity contribution in [2.24, 2.45) is 7.05 Å². The van der Waals surface area contributed by atoms with Gasteiger partial charge in [-0.25, -0.2) is 9.13 Å². The number of hydrogen-bond donors (Lipinski definition) is 0. The fourth-order valence-electron chi connectivity index (χ4n) is 2.06. The Hall–Kier alpha value is -1.32. The minimum absolute atomic E-state index is 0.972. The number of aliphatic carboxylic acids is 1. The van der Waals surface area contributed by atoms with Gasteiger partial charge in [-0.2, -0.15) is 0 Å². The molecule has 0 radical (unpaired) electrons. The van der Waals surface area contributed by atoms with Crippen LogP contribution in [0.3, 0.4) is 0 Å². The van der Waals surface area contributed by atoms with Crippen molar-refractivity contribution in [2.75, 3.05) is 0 Å². The second kappa shape index (κ2) is 12.7. The number of aromatic nitrogens is 2. The first kappa shape index (κ1) is 18.7. The van der Waals surface area contributed by atoms with E-state index in [0.717, 1.165) is 6.92 Å². The third-order valence-electron chi connectivity index (χ3n) is 3.09. The van der Waals surface area contributed by atoms with E-state index in [4.69, 9.17) is 9.90 Å². The van der Waals surface area contributed by atoms with Crippen molar-refractivity contribution in [3.63, 3.8) is 0 Å². The number of carbonyl (C=O) groups excluding carboxylic acids is 1. The van der Waals surface area contributed by atoms with Gasteiger partial charge in [-0.15, -0.1) is 0 Å². The molecule has 116 valence electrons. The van der Waals surface area contributed by atoms with E-state index in [1.807, 2.05) is 0 Å². The molecule has 0 aliphatic heterocycles. The number of carbonyl (C=O) groups is 1. The van der Waals surface area contributed by atoms with Gasteiger partial charge in [-0.05, 0) is 19.8 Å². The average Bonchev–Trinajstić information content (AvgIpc) is 2.78. The van der Waals surface area contributed by atoms with Gasteiger partial charge >= 0.3 is 0 Å². The Morgan fingerprint density at radius 3 is 2.05 bits per heavy atom.